The van der Waals surface area contributed by atoms with Crippen molar-refractivity contribution in [3.63, 3.8) is 0 Å². The van der Waals surface area contributed by atoms with Crippen molar-refractivity contribution >= 4 is 21.6 Å². The smallest absolute Gasteiger partial charge is 0.275 e. The Morgan fingerprint density at radius 3 is 2.53 bits per heavy atom. The van der Waals surface area contributed by atoms with Gasteiger partial charge in [0.05, 0.1) is 22.8 Å². The first-order chi connectivity index (χ1) is 15.1. The minimum Gasteiger partial charge on any atom is -0.493 e. The van der Waals surface area contributed by atoms with Crippen LogP contribution in [0.3, 0.4) is 0 Å². The third-order valence-electron chi connectivity index (χ3n) is 5.17. The molecule has 1 amide bonds. The van der Waals surface area contributed by atoms with E-state index in [1.54, 1.807) is 13.0 Å². The minimum absolute atomic E-state index is 0.0542. The highest BCUT2D eigenvalue weighted by Crippen LogP contribution is 2.32. The molecule has 32 heavy (non-hydrogen) atoms. The van der Waals surface area contributed by atoms with E-state index >= 15 is 0 Å². The number of nitrogens with zero attached hydrogens (tertiary/aromatic N) is 3. The van der Waals surface area contributed by atoms with Crippen LogP contribution in [0, 0.1) is 6.92 Å². The van der Waals surface area contributed by atoms with Crippen LogP contribution in [0.4, 0.5) is 5.69 Å². The lowest BCUT2D eigenvalue weighted by molar-refractivity contribution is -0.114. The molecule has 11 heteroatoms. The van der Waals surface area contributed by atoms with Gasteiger partial charge in [-0.3, -0.25) is 9.59 Å². The van der Waals surface area contributed by atoms with E-state index in [1.807, 2.05) is 14.0 Å². The molecule has 0 bridgehead atoms. The Labute approximate surface area is 187 Å². The normalized spacial score (nSPS) is 15.5. The molecule has 1 saturated heterocycles. The minimum atomic E-state index is -3.72. The van der Waals surface area contributed by atoms with Crippen LogP contribution in [0.5, 0.6) is 5.75 Å². The first-order valence-corrected chi connectivity index (χ1v) is 11.9. The number of ether oxygens (including phenoxy) is 1. The van der Waals surface area contributed by atoms with Gasteiger partial charge in [0.25, 0.3) is 5.56 Å². The molecule has 2 heterocycles. The quantitative estimate of drug-likeness (QED) is 0.636. The Kier molecular flexibility index (Phi) is 7.32. The largest absolute Gasteiger partial charge is 0.493 e. The molecular weight excluding hydrogens is 434 g/mol. The summed E-state index contributed by atoms with van der Waals surface area (Å²) in [7, 11) is -1.77. The number of anilines is 1. The van der Waals surface area contributed by atoms with E-state index in [-0.39, 0.29) is 22.3 Å². The molecule has 0 unspecified atom stereocenters. The number of hydrogen-bond donors (Lipinski definition) is 2. The van der Waals surface area contributed by atoms with E-state index < -0.39 is 15.6 Å². The van der Waals surface area contributed by atoms with Crippen molar-refractivity contribution < 1.29 is 17.9 Å². The van der Waals surface area contributed by atoms with Crippen LogP contribution in [-0.2, 0) is 14.8 Å². The summed E-state index contributed by atoms with van der Waals surface area (Å²) in [5, 5.41) is 2.47. The zero-order chi connectivity index (χ0) is 23.5. The number of rotatable bonds is 7. The Morgan fingerprint density at radius 2 is 1.94 bits per heavy atom. The van der Waals surface area contributed by atoms with Crippen LogP contribution in [0.25, 0.3) is 11.4 Å². The molecule has 1 aromatic carbocycles. The number of carbonyl (C=O) groups is 1. The molecule has 2 aromatic rings. The molecule has 1 aliphatic heterocycles. The molecule has 1 aromatic heterocycles. The number of likely N-dealkylation sites (N-methyl/N-ethyl adjacent to an activating group) is 1. The van der Waals surface area contributed by atoms with E-state index in [0.29, 0.717) is 49.8 Å². The van der Waals surface area contributed by atoms with Gasteiger partial charge >= 0.3 is 0 Å². The summed E-state index contributed by atoms with van der Waals surface area (Å²) < 4.78 is 33.7. The van der Waals surface area contributed by atoms with Crippen molar-refractivity contribution in [2.24, 2.45) is 0 Å². The highest BCUT2D eigenvalue weighted by atomic mass is 32.2. The predicted octanol–water partition coefficient (Wildman–Crippen LogP) is 1.43. The fraction of sp³-hybridized carbons (Fsp3) is 0.476. The highest BCUT2D eigenvalue weighted by Gasteiger charge is 2.28. The van der Waals surface area contributed by atoms with E-state index in [9.17, 15) is 18.0 Å². The number of carbonyl (C=O) groups excluding carboxylic acids is 1. The van der Waals surface area contributed by atoms with Crippen molar-refractivity contribution in [3.05, 3.63) is 34.2 Å². The molecule has 0 radical (unpaired) electrons. The Hall–Kier alpha value is -2.76. The summed E-state index contributed by atoms with van der Waals surface area (Å²) in [5.41, 5.74) is 0.200. The summed E-state index contributed by atoms with van der Waals surface area (Å²) in [6, 6.07) is 4.58. The lowest BCUT2D eigenvalue weighted by atomic mass is 10.1. The second kappa shape index (κ2) is 9.80. The lowest BCUT2D eigenvalue weighted by Crippen LogP contribution is -2.47. The van der Waals surface area contributed by atoms with Crippen LogP contribution < -0.4 is 15.6 Å². The first-order valence-electron chi connectivity index (χ1n) is 10.5. The number of H-pyrrole nitrogens is 1. The number of sulfonamides is 1. The van der Waals surface area contributed by atoms with Gasteiger partial charge in [-0.1, -0.05) is 6.92 Å². The maximum absolute atomic E-state index is 13.2. The fourth-order valence-electron chi connectivity index (χ4n) is 3.41. The topological polar surface area (TPSA) is 125 Å². The monoisotopic (exact) mass is 463 g/mol. The number of aromatic nitrogens is 2. The van der Waals surface area contributed by atoms with Crippen LogP contribution >= 0.6 is 0 Å². The SMILES string of the molecule is CCCOc1ccc(S(=O)(=O)N2CCN(C)CC2)cc1-c1nc(C)c(NC(C)=O)c(=O)[nH]1. The number of nitrogens with one attached hydrogen (secondary N) is 2. The molecule has 1 aliphatic rings. The maximum atomic E-state index is 13.2. The summed E-state index contributed by atoms with van der Waals surface area (Å²) in [4.78, 5) is 33.2. The van der Waals surface area contributed by atoms with Gasteiger partial charge in [0, 0.05) is 33.1 Å². The summed E-state index contributed by atoms with van der Waals surface area (Å²) in [5.74, 6) is 0.197. The summed E-state index contributed by atoms with van der Waals surface area (Å²) >= 11 is 0. The Balaban J connectivity index is 2.08. The number of aryl methyl sites for hydroxylation is 1. The molecule has 10 nitrogen and oxygen atoms in total. The molecule has 174 valence electrons. The van der Waals surface area contributed by atoms with Gasteiger partial charge in [0.1, 0.15) is 17.3 Å². The zero-order valence-corrected chi connectivity index (χ0v) is 19.6. The van der Waals surface area contributed by atoms with Gasteiger partial charge in [0.15, 0.2) is 0 Å². The molecular formula is C21H29N5O5S. The molecule has 0 spiro atoms. The number of amides is 1. The molecule has 3 rings (SSSR count). The van der Waals surface area contributed by atoms with Gasteiger partial charge < -0.3 is 19.9 Å². The average Bonchev–Trinajstić information content (AvgIpc) is 2.74. The average molecular weight is 464 g/mol. The second-order valence-electron chi connectivity index (χ2n) is 7.77. The fourth-order valence-corrected chi connectivity index (χ4v) is 4.86. The van der Waals surface area contributed by atoms with Crippen molar-refractivity contribution in [3.8, 4) is 17.1 Å². The standard InChI is InChI=1S/C21H29N5O5S/c1-5-12-31-18-7-6-16(32(29,30)26-10-8-25(4)9-11-26)13-17(18)20-22-14(2)19(21(28)24-20)23-15(3)27/h6-7,13H,5,8-12H2,1-4H3,(H,23,27)(H,22,24,28). The van der Waals surface area contributed by atoms with Crippen molar-refractivity contribution in [1.82, 2.24) is 19.2 Å². The van der Waals surface area contributed by atoms with Gasteiger partial charge in [-0.05, 0) is 38.6 Å². The molecule has 0 atom stereocenters. The van der Waals surface area contributed by atoms with Crippen LogP contribution in [0.1, 0.15) is 26.0 Å². The van der Waals surface area contributed by atoms with Gasteiger partial charge in [-0.2, -0.15) is 4.31 Å². The van der Waals surface area contributed by atoms with Crippen molar-refractivity contribution in [2.45, 2.75) is 32.1 Å². The van der Waals surface area contributed by atoms with Crippen molar-refractivity contribution in [2.75, 3.05) is 45.2 Å². The Bertz CT molecular complexity index is 1150. The predicted molar refractivity (Wildman–Crippen MR) is 121 cm³/mol. The third kappa shape index (κ3) is 5.17. The highest BCUT2D eigenvalue weighted by molar-refractivity contribution is 7.89. The van der Waals surface area contributed by atoms with Crippen LogP contribution in [0.2, 0.25) is 0 Å². The van der Waals surface area contributed by atoms with Gasteiger partial charge in [-0.15, -0.1) is 0 Å². The lowest BCUT2D eigenvalue weighted by Gasteiger charge is -2.31. The number of aromatic amines is 1. The summed E-state index contributed by atoms with van der Waals surface area (Å²) in [6.45, 7) is 7.40. The third-order valence-corrected chi connectivity index (χ3v) is 7.06. The molecule has 2 N–H and O–H groups in total. The molecule has 1 fully saturated rings. The Morgan fingerprint density at radius 1 is 1.25 bits per heavy atom. The maximum Gasteiger partial charge on any atom is 0.275 e. The second-order valence-corrected chi connectivity index (χ2v) is 9.71. The number of piperazine rings is 1. The first kappa shape index (κ1) is 23.9. The van der Waals surface area contributed by atoms with E-state index in [1.165, 1.54) is 23.4 Å². The number of hydrogen-bond acceptors (Lipinski definition) is 7. The van der Waals surface area contributed by atoms with Gasteiger partial charge in [0.2, 0.25) is 15.9 Å². The van der Waals surface area contributed by atoms with E-state index in [2.05, 4.69) is 20.2 Å². The van der Waals surface area contributed by atoms with Gasteiger partial charge in [-0.25, -0.2) is 13.4 Å². The van der Waals surface area contributed by atoms with Crippen LogP contribution in [0.15, 0.2) is 27.9 Å². The van der Waals surface area contributed by atoms with Crippen LogP contribution in [-0.4, -0.2) is 73.3 Å². The summed E-state index contributed by atoms with van der Waals surface area (Å²) in [6.07, 6.45) is 0.755. The molecule has 0 aliphatic carbocycles. The number of benzene rings is 1. The van der Waals surface area contributed by atoms with E-state index in [0.717, 1.165) is 6.42 Å². The molecule has 0 saturated carbocycles. The van der Waals surface area contributed by atoms with E-state index in [4.69, 9.17) is 4.74 Å². The van der Waals surface area contributed by atoms with Crippen molar-refractivity contribution in [1.29, 1.82) is 0 Å². The zero-order valence-electron chi connectivity index (χ0n) is 18.8.